The molecular formula is C11H10N4S2. The fourth-order valence-corrected chi connectivity index (χ4v) is 2.88. The van der Waals surface area contributed by atoms with Crippen molar-refractivity contribution >= 4 is 28.9 Å². The normalized spacial score (nSPS) is 11.2. The molecule has 0 bridgehead atoms. The average Bonchev–Trinajstić information content (AvgIpc) is 2.88. The molecule has 86 valence electrons. The van der Waals surface area contributed by atoms with Crippen LogP contribution in [0.15, 0.2) is 29.2 Å². The molecule has 0 atom stereocenters. The van der Waals surface area contributed by atoms with Gasteiger partial charge in [-0.15, -0.1) is 22.8 Å². The molecule has 0 aliphatic heterocycles. The van der Waals surface area contributed by atoms with E-state index < -0.39 is 0 Å². The van der Waals surface area contributed by atoms with Crippen molar-refractivity contribution in [2.75, 3.05) is 0 Å². The second-order valence-electron chi connectivity index (χ2n) is 3.59. The smallest absolute Gasteiger partial charge is 0.187 e. The van der Waals surface area contributed by atoms with Crippen LogP contribution in [0.3, 0.4) is 0 Å². The van der Waals surface area contributed by atoms with Crippen molar-refractivity contribution in [1.82, 2.24) is 19.8 Å². The summed E-state index contributed by atoms with van der Waals surface area (Å²) in [6.07, 6.45) is 0.826. The third-order valence-electron chi connectivity index (χ3n) is 2.51. The molecule has 1 aromatic carbocycles. The summed E-state index contributed by atoms with van der Waals surface area (Å²) >= 11 is 5.97. The number of hydrogen-bond donors (Lipinski definition) is 1. The van der Waals surface area contributed by atoms with E-state index in [-0.39, 0.29) is 0 Å². The fourth-order valence-electron chi connectivity index (χ4n) is 1.64. The van der Waals surface area contributed by atoms with Gasteiger partial charge in [-0.3, -0.25) is 0 Å². The molecule has 2 heterocycles. The standard InChI is InChI=1S/C11H10N4S2/c1-2-9-12-13-11-15(9)14-10(17-11)7-5-3-4-6-8(7)16/h3-6,16H,2H2,1H3. The number of hydrogen-bond acceptors (Lipinski definition) is 5. The van der Waals surface area contributed by atoms with E-state index in [1.165, 1.54) is 11.3 Å². The summed E-state index contributed by atoms with van der Waals surface area (Å²) in [5.41, 5.74) is 1.04. The summed E-state index contributed by atoms with van der Waals surface area (Å²) in [7, 11) is 0. The zero-order chi connectivity index (χ0) is 11.8. The molecule has 0 aliphatic rings. The second-order valence-corrected chi connectivity index (χ2v) is 5.03. The fraction of sp³-hybridized carbons (Fsp3) is 0.182. The van der Waals surface area contributed by atoms with Crippen LogP contribution in [-0.4, -0.2) is 19.8 Å². The third-order valence-corrected chi connectivity index (χ3v) is 3.83. The molecule has 0 saturated heterocycles. The zero-order valence-corrected chi connectivity index (χ0v) is 10.9. The van der Waals surface area contributed by atoms with Crippen molar-refractivity contribution in [3.63, 3.8) is 0 Å². The van der Waals surface area contributed by atoms with Gasteiger partial charge in [-0.1, -0.05) is 36.5 Å². The van der Waals surface area contributed by atoms with E-state index in [1.807, 2.05) is 31.2 Å². The van der Waals surface area contributed by atoms with Gasteiger partial charge in [0, 0.05) is 16.9 Å². The Kier molecular flexibility index (Phi) is 2.60. The zero-order valence-electron chi connectivity index (χ0n) is 9.16. The molecule has 17 heavy (non-hydrogen) atoms. The van der Waals surface area contributed by atoms with Crippen molar-refractivity contribution in [3.8, 4) is 10.6 Å². The number of rotatable bonds is 2. The highest BCUT2D eigenvalue weighted by Gasteiger charge is 2.12. The van der Waals surface area contributed by atoms with Crippen LogP contribution in [0.1, 0.15) is 12.7 Å². The first kappa shape index (κ1) is 10.7. The van der Waals surface area contributed by atoms with Crippen LogP contribution in [0.4, 0.5) is 0 Å². The lowest BCUT2D eigenvalue weighted by molar-refractivity contribution is 0.837. The van der Waals surface area contributed by atoms with Gasteiger partial charge in [0.05, 0.1) is 0 Å². The summed E-state index contributed by atoms with van der Waals surface area (Å²) < 4.78 is 1.81. The highest BCUT2D eigenvalue weighted by molar-refractivity contribution is 7.80. The van der Waals surface area contributed by atoms with Crippen LogP contribution < -0.4 is 0 Å². The molecule has 0 amide bonds. The van der Waals surface area contributed by atoms with E-state index in [9.17, 15) is 0 Å². The number of aryl methyl sites for hydroxylation is 1. The van der Waals surface area contributed by atoms with Crippen LogP contribution in [0, 0.1) is 0 Å². The molecule has 0 spiro atoms. The van der Waals surface area contributed by atoms with E-state index in [4.69, 9.17) is 0 Å². The lowest BCUT2D eigenvalue weighted by atomic mass is 10.2. The molecular weight excluding hydrogens is 252 g/mol. The number of thiol groups is 1. The molecule has 0 radical (unpaired) electrons. The molecule has 0 unspecified atom stereocenters. The van der Waals surface area contributed by atoms with Crippen molar-refractivity contribution in [2.24, 2.45) is 0 Å². The summed E-state index contributed by atoms with van der Waals surface area (Å²) in [4.78, 5) is 1.75. The van der Waals surface area contributed by atoms with E-state index in [0.29, 0.717) is 0 Å². The predicted molar refractivity (Wildman–Crippen MR) is 70.7 cm³/mol. The first-order valence-corrected chi connectivity index (χ1v) is 6.55. The Labute approximate surface area is 108 Å². The monoisotopic (exact) mass is 262 g/mol. The maximum atomic E-state index is 4.54. The molecule has 0 N–H and O–H groups in total. The van der Waals surface area contributed by atoms with Crippen molar-refractivity contribution in [2.45, 2.75) is 18.2 Å². The lowest BCUT2D eigenvalue weighted by Crippen LogP contribution is -1.93. The molecule has 3 aromatic rings. The minimum atomic E-state index is 0.826. The highest BCUT2D eigenvalue weighted by Crippen LogP contribution is 2.29. The largest absolute Gasteiger partial charge is 0.234 e. The second kappa shape index (κ2) is 4.12. The quantitative estimate of drug-likeness (QED) is 0.722. The van der Waals surface area contributed by atoms with E-state index >= 15 is 0 Å². The van der Waals surface area contributed by atoms with Crippen LogP contribution in [0.5, 0.6) is 0 Å². The van der Waals surface area contributed by atoms with Crippen molar-refractivity contribution in [3.05, 3.63) is 30.1 Å². The van der Waals surface area contributed by atoms with Crippen LogP contribution >= 0.6 is 24.0 Å². The van der Waals surface area contributed by atoms with E-state index in [2.05, 4.69) is 27.9 Å². The molecule has 0 fully saturated rings. The number of nitrogens with zero attached hydrogens (tertiary/aromatic N) is 4. The Balaban J connectivity index is 2.19. The Hall–Kier alpha value is -1.40. The number of aromatic nitrogens is 4. The highest BCUT2D eigenvalue weighted by atomic mass is 32.1. The van der Waals surface area contributed by atoms with Crippen LogP contribution in [0.25, 0.3) is 15.5 Å². The SMILES string of the molecule is CCc1nnc2sc(-c3ccccc3S)nn12. The Morgan fingerprint density at radius 3 is 2.88 bits per heavy atom. The summed E-state index contributed by atoms with van der Waals surface area (Å²) in [6.45, 7) is 2.04. The summed E-state index contributed by atoms with van der Waals surface area (Å²) in [5, 5.41) is 13.6. The number of fused-ring (bicyclic) bond motifs is 1. The van der Waals surface area contributed by atoms with Gasteiger partial charge in [-0.05, 0) is 6.07 Å². The Morgan fingerprint density at radius 1 is 1.29 bits per heavy atom. The molecule has 0 saturated carbocycles. The summed E-state index contributed by atoms with van der Waals surface area (Å²) in [6, 6.07) is 7.92. The maximum absolute atomic E-state index is 4.54. The summed E-state index contributed by atoms with van der Waals surface area (Å²) in [5.74, 6) is 0.888. The molecule has 6 heteroatoms. The topological polar surface area (TPSA) is 43.1 Å². The van der Waals surface area contributed by atoms with Gasteiger partial charge < -0.3 is 0 Å². The van der Waals surface area contributed by atoms with Gasteiger partial charge in [0.2, 0.25) is 4.96 Å². The van der Waals surface area contributed by atoms with Crippen LogP contribution in [0.2, 0.25) is 0 Å². The van der Waals surface area contributed by atoms with Crippen molar-refractivity contribution < 1.29 is 0 Å². The van der Waals surface area contributed by atoms with E-state index in [0.717, 1.165) is 32.7 Å². The predicted octanol–water partition coefficient (Wildman–Crippen LogP) is 2.70. The minimum Gasteiger partial charge on any atom is -0.187 e. The van der Waals surface area contributed by atoms with Gasteiger partial charge in [0.25, 0.3) is 0 Å². The van der Waals surface area contributed by atoms with Gasteiger partial charge in [0.15, 0.2) is 5.82 Å². The number of benzene rings is 1. The Bertz CT molecular complexity index is 671. The molecule has 3 rings (SSSR count). The van der Waals surface area contributed by atoms with Gasteiger partial charge in [-0.2, -0.15) is 9.61 Å². The molecule has 0 aliphatic carbocycles. The molecule has 4 nitrogen and oxygen atoms in total. The van der Waals surface area contributed by atoms with Gasteiger partial charge in [0.1, 0.15) is 5.01 Å². The van der Waals surface area contributed by atoms with Gasteiger partial charge in [-0.25, -0.2) is 0 Å². The van der Waals surface area contributed by atoms with Gasteiger partial charge >= 0.3 is 0 Å². The molecule has 2 aromatic heterocycles. The minimum absolute atomic E-state index is 0.826. The average molecular weight is 262 g/mol. The maximum Gasteiger partial charge on any atom is 0.234 e. The first-order valence-electron chi connectivity index (χ1n) is 5.29. The third kappa shape index (κ3) is 1.73. The lowest BCUT2D eigenvalue weighted by Gasteiger charge is -1.98. The Morgan fingerprint density at radius 2 is 2.12 bits per heavy atom. The van der Waals surface area contributed by atoms with Crippen LogP contribution in [-0.2, 0) is 6.42 Å². The first-order chi connectivity index (χ1) is 8.29. The van der Waals surface area contributed by atoms with E-state index in [1.54, 1.807) is 4.52 Å². The van der Waals surface area contributed by atoms with Crippen molar-refractivity contribution in [1.29, 1.82) is 0 Å².